The second-order valence-electron chi connectivity index (χ2n) is 6.17. The van der Waals surface area contributed by atoms with Crippen LogP contribution in [0.4, 0.5) is 0 Å². The molecule has 6 heteroatoms. The summed E-state index contributed by atoms with van der Waals surface area (Å²) in [6.45, 7) is 3.22. The Morgan fingerprint density at radius 1 is 1.12 bits per heavy atom. The number of aliphatic hydroxyl groups is 1. The van der Waals surface area contributed by atoms with Crippen molar-refractivity contribution < 1.29 is 13.5 Å². The lowest BCUT2D eigenvalue weighted by atomic mass is 9.97. The minimum absolute atomic E-state index is 0.0614. The van der Waals surface area contributed by atoms with E-state index in [2.05, 4.69) is 4.72 Å². The van der Waals surface area contributed by atoms with Gasteiger partial charge in [0, 0.05) is 11.6 Å². The lowest BCUT2D eigenvalue weighted by Crippen LogP contribution is -2.41. The van der Waals surface area contributed by atoms with Crippen LogP contribution in [0.1, 0.15) is 24.5 Å². The Bertz CT molecular complexity index is 789. The van der Waals surface area contributed by atoms with Crippen molar-refractivity contribution >= 4 is 21.6 Å². The predicted octanol–water partition coefficient (Wildman–Crippen LogP) is 3.31. The summed E-state index contributed by atoms with van der Waals surface area (Å²) < 4.78 is 27.4. The van der Waals surface area contributed by atoms with Crippen molar-refractivity contribution in [2.75, 3.05) is 6.54 Å². The van der Waals surface area contributed by atoms with Crippen LogP contribution < -0.4 is 4.72 Å². The van der Waals surface area contributed by atoms with Gasteiger partial charge in [0.15, 0.2) is 0 Å². The Morgan fingerprint density at radius 3 is 2.46 bits per heavy atom. The zero-order valence-corrected chi connectivity index (χ0v) is 15.4. The number of nitrogens with one attached hydrogen (secondary N) is 1. The minimum atomic E-state index is -3.72. The second-order valence-corrected chi connectivity index (χ2v) is 8.31. The standard InChI is InChI=1S/C18H22ClNO3S/c1-14-16(19)9-6-10-17(14)24(22,23)20-13-18(2,21)12-11-15-7-4-3-5-8-15/h3-10,20-21H,11-13H2,1-2H3. The summed E-state index contributed by atoms with van der Waals surface area (Å²) in [5, 5.41) is 10.9. The first-order chi connectivity index (χ1) is 11.2. The molecular formula is C18H22ClNO3S. The average Bonchev–Trinajstić information content (AvgIpc) is 2.55. The van der Waals surface area contributed by atoms with E-state index in [1.54, 1.807) is 26.0 Å². The van der Waals surface area contributed by atoms with Gasteiger partial charge in [-0.1, -0.05) is 48.0 Å². The number of aryl methyl sites for hydroxylation is 1. The van der Waals surface area contributed by atoms with E-state index in [0.29, 0.717) is 23.4 Å². The molecule has 0 aromatic heterocycles. The van der Waals surface area contributed by atoms with Crippen LogP contribution >= 0.6 is 11.6 Å². The van der Waals surface area contributed by atoms with Crippen molar-refractivity contribution in [3.8, 4) is 0 Å². The van der Waals surface area contributed by atoms with E-state index >= 15 is 0 Å². The van der Waals surface area contributed by atoms with Crippen LogP contribution in [0.2, 0.25) is 5.02 Å². The Balaban J connectivity index is 2.01. The summed E-state index contributed by atoms with van der Waals surface area (Å²) in [4.78, 5) is 0.133. The lowest BCUT2D eigenvalue weighted by Gasteiger charge is -2.24. The molecule has 0 aliphatic carbocycles. The third kappa shape index (κ3) is 5.05. The van der Waals surface area contributed by atoms with Crippen LogP contribution in [-0.2, 0) is 16.4 Å². The average molecular weight is 368 g/mol. The molecule has 0 fully saturated rings. The highest BCUT2D eigenvalue weighted by Crippen LogP contribution is 2.23. The largest absolute Gasteiger partial charge is 0.389 e. The molecule has 0 spiro atoms. The molecule has 0 aliphatic heterocycles. The quantitative estimate of drug-likeness (QED) is 0.789. The van der Waals surface area contributed by atoms with Gasteiger partial charge in [-0.3, -0.25) is 0 Å². The van der Waals surface area contributed by atoms with E-state index in [1.165, 1.54) is 6.07 Å². The van der Waals surface area contributed by atoms with Crippen molar-refractivity contribution in [1.82, 2.24) is 4.72 Å². The van der Waals surface area contributed by atoms with Crippen molar-refractivity contribution in [2.24, 2.45) is 0 Å². The predicted molar refractivity (Wildman–Crippen MR) is 96.8 cm³/mol. The van der Waals surface area contributed by atoms with Crippen molar-refractivity contribution in [1.29, 1.82) is 0 Å². The molecule has 0 radical (unpaired) electrons. The van der Waals surface area contributed by atoms with Crippen LogP contribution in [-0.4, -0.2) is 25.7 Å². The van der Waals surface area contributed by atoms with Crippen molar-refractivity contribution in [3.63, 3.8) is 0 Å². The van der Waals surface area contributed by atoms with Gasteiger partial charge in [0.25, 0.3) is 0 Å². The van der Waals surface area contributed by atoms with Gasteiger partial charge in [-0.15, -0.1) is 0 Å². The fraction of sp³-hybridized carbons (Fsp3) is 0.333. The highest BCUT2D eigenvalue weighted by molar-refractivity contribution is 7.89. The highest BCUT2D eigenvalue weighted by Gasteiger charge is 2.25. The van der Waals surface area contributed by atoms with Crippen LogP contribution in [0.5, 0.6) is 0 Å². The maximum absolute atomic E-state index is 12.4. The summed E-state index contributed by atoms with van der Waals surface area (Å²) in [6, 6.07) is 14.5. The molecule has 0 aliphatic rings. The summed E-state index contributed by atoms with van der Waals surface area (Å²) >= 11 is 5.99. The van der Waals surface area contributed by atoms with Gasteiger partial charge in [-0.05, 0) is 49.9 Å². The number of benzene rings is 2. The molecule has 0 heterocycles. The summed E-state index contributed by atoms with van der Waals surface area (Å²) in [6.07, 6.45) is 1.12. The summed E-state index contributed by atoms with van der Waals surface area (Å²) in [5.74, 6) is 0. The van der Waals surface area contributed by atoms with Crippen molar-refractivity contribution in [3.05, 3.63) is 64.7 Å². The number of rotatable bonds is 7. The first-order valence-electron chi connectivity index (χ1n) is 7.72. The molecule has 130 valence electrons. The van der Waals surface area contributed by atoms with Crippen LogP contribution in [0, 0.1) is 6.92 Å². The molecule has 0 saturated heterocycles. The van der Waals surface area contributed by atoms with Gasteiger partial charge in [0.05, 0.1) is 10.5 Å². The Morgan fingerprint density at radius 2 is 1.79 bits per heavy atom. The van der Waals surface area contributed by atoms with Crippen LogP contribution in [0.3, 0.4) is 0 Å². The van der Waals surface area contributed by atoms with E-state index in [0.717, 1.165) is 5.56 Å². The van der Waals surface area contributed by atoms with E-state index in [4.69, 9.17) is 11.6 Å². The maximum Gasteiger partial charge on any atom is 0.240 e. The zero-order chi connectivity index (χ0) is 17.8. The molecule has 0 amide bonds. The molecule has 1 unspecified atom stereocenters. The van der Waals surface area contributed by atoms with Gasteiger partial charge in [0.1, 0.15) is 0 Å². The molecule has 2 rings (SSSR count). The van der Waals surface area contributed by atoms with Crippen molar-refractivity contribution in [2.45, 2.75) is 37.2 Å². The normalized spacial score (nSPS) is 14.3. The second kappa shape index (κ2) is 7.66. The SMILES string of the molecule is Cc1c(Cl)cccc1S(=O)(=O)NCC(C)(O)CCc1ccccc1. The van der Waals surface area contributed by atoms with E-state index in [9.17, 15) is 13.5 Å². The topological polar surface area (TPSA) is 66.4 Å². The highest BCUT2D eigenvalue weighted by atomic mass is 35.5. The van der Waals surface area contributed by atoms with Crippen LogP contribution in [0.25, 0.3) is 0 Å². The molecule has 2 N–H and O–H groups in total. The monoisotopic (exact) mass is 367 g/mol. The van der Waals surface area contributed by atoms with Gasteiger partial charge < -0.3 is 5.11 Å². The lowest BCUT2D eigenvalue weighted by molar-refractivity contribution is 0.0565. The Labute approximate surface area is 148 Å². The number of halogens is 1. The van der Waals surface area contributed by atoms with Gasteiger partial charge in [-0.2, -0.15) is 0 Å². The fourth-order valence-electron chi connectivity index (χ4n) is 2.35. The molecule has 24 heavy (non-hydrogen) atoms. The molecule has 4 nitrogen and oxygen atoms in total. The number of hydrogen-bond donors (Lipinski definition) is 2. The first kappa shape index (κ1) is 18.9. The number of sulfonamides is 1. The minimum Gasteiger partial charge on any atom is -0.389 e. The molecule has 0 saturated carbocycles. The number of hydrogen-bond acceptors (Lipinski definition) is 3. The third-order valence-electron chi connectivity index (χ3n) is 3.95. The van der Waals surface area contributed by atoms with E-state index < -0.39 is 15.6 Å². The van der Waals surface area contributed by atoms with Gasteiger partial charge in [0.2, 0.25) is 10.0 Å². The smallest absolute Gasteiger partial charge is 0.240 e. The Hall–Kier alpha value is -1.40. The summed E-state index contributed by atoms with van der Waals surface area (Å²) in [5.41, 5.74) is 0.456. The van der Waals surface area contributed by atoms with Gasteiger partial charge >= 0.3 is 0 Å². The van der Waals surface area contributed by atoms with Gasteiger partial charge in [-0.25, -0.2) is 13.1 Å². The Kier molecular flexibility index (Phi) is 6.04. The van der Waals surface area contributed by atoms with E-state index in [-0.39, 0.29) is 11.4 Å². The molecule has 2 aromatic carbocycles. The first-order valence-corrected chi connectivity index (χ1v) is 9.58. The molecule has 0 bridgehead atoms. The van der Waals surface area contributed by atoms with Crippen LogP contribution in [0.15, 0.2) is 53.4 Å². The zero-order valence-electron chi connectivity index (χ0n) is 13.8. The van der Waals surface area contributed by atoms with E-state index in [1.807, 2.05) is 30.3 Å². The third-order valence-corrected chi connectivity index (χ3v) is 5.90. The summed E-state index contributed by atoms with van der Waals surface area (Å²) in [7, 11) is -3.72. The molecule has 2 aromatic rings. The fourth-order valence-corrected chi connectivity index (χ4v) is 4.01. The molecule has 1 atom stereocenters. The maximum atomic E-state index is 12.4. The molecular weight excluding hydrogens is 346 g/mol.